The predicted octanol–water partition coefficient (Wildman–Crippen LogP) is 3.81. The van der Waals surface area contributed by atoms with Gasteiger partial charge in [-0.1, -0.05) is 28.8 Å². The molecular weight excluding hydrogens is 280 g/mol. The second-order valence-corrected chi connectivity index (χ2v) is 4.90. The molecular formula is C11H14BrClFN. The van der Waals surface area contributed by atoms with Crippen molar-refractivity contribution in [3.8, 4) is 0 Å². The monoisotopic (exact) mass is 293 g/mol. The molecule has 1 atom stereocenters. The predicted molar refractivity (Wildman–Crippen MR) is 65.6 cm³/mol. The quantitative estimate of drug-likeness (QED) is 0.901. The van der Waals surface area contributed by atoms with Crippen LogP contribution in [-0.2, 0) is 0 Å². The molecule has 0 saturated heterocycles. The first kappa shape index (κ1) is 12.9. The standard InChI is InChI=1S/C11H13BrFN.ClH/c12-9-4-8(5-10(13)6-9)11(14)3-7-1-2-7;/h4-7,11H,1-3,14H2;1H/t11-;/m1./s1. The summed E-state index contributed by atoms with van der Waals surface area (Å²) in [4.78, 5) is 0. The first-order valence-electron chi connectivity index (χ1n) is 4.87. The third kappa shape index (κ3) is 3.74. The number of hydrogen-bond acceptors (Lipinski definition) is 1. The van der Waals surface area contributed by atoms with Crippen LogP contribution in [-0.4, -0.2) is 0 Å². The van der Waals surface area contributed by atoms with Crippen molar-refractivity contribution >= 4 is 28.3 Å². The number of benzene rings is 1. The zero-order chi connectivity index (χ0) is 10.1. The lowest BCUT2D eigenvalue weighted by atomic mass is 10.0. The van der Waals surface area contributed by atoms with Crippen molar-refractivity contribution in [2.75, 3.05) is 0 Å². The molecule has 0 unspecified atom stereocenters. The summed E-state index contributed by atoms with van der Waals surface area (Å²) in [5, 5.41) is 0. The number of halogens is 3. The molecule has 84 valence electrons. The smallest absolute Gasteiger partial charge is 0.124 e. The van der Waals surface area contributed by atoms with E-state index < -0.39 is 0 Å². The largest absolute Gasteiger partial charge is 0.324 e. The summed E-state index contributed by atoms with van der Waals surface area (Å²) in [5.41, 5.74) is 6.88. The molecule has 0 aromatic heterocycles. The minimum atomic E-state index is -0.222. The van der Waals surface area contributed by atoms with Gasteiger partial charge >= 0.3 is 0 Å². The van der Waals surface area contributed by atoms with Crippen LogP contribution in [0.5, 0.6) is 0 Å². The Hall–Kier alpha value is -0.120. The van der Waals surface area contributed by atoms with Gasteiger partial charge in [0, 0.05) is 10.5 Å². The van der Waals surface area contributed by atoms with Crippen LogP contribution >= 0.6 is 28.3 Å². The fourth-order valence-corrected chi connectivity index (χ4v) is 2.12. The molecule has 1 fully saturated rings. The van der Waals surface area contributed by atoms with Crippen molar-refractivity contribution in [1.82, 2.24) is 0 Å². The van der Waals surface area contributed by atoms with Gasteiger partial charge in [0.05, 0.1) is 0 Å². The van der Waals surface area contributed by atoms with Crippen molar-refractivity contribution in [2.24, 2.45) is 11.7 Å². The van der Waals surface area contributed by atoms with Gasteiger partial charge in [0.25, 0.3) is 0 Å². The zero-order valence-electron chi connectivity index (χ0n) is 8.25. The Morgan fingerprint density at radius 2 is 2.07 bits per heavy atom. The minimum absolute atomic E-state index is 0. The molecule has 0 heterocycles. The maximum absolute atomic E-state index is 13.1. The van der Waals surface area contributed by atoms with E-state index in [0.29, 0.717) is 0 Å². The van der Waals surface area contributed by atoms with Gasteiger partial charge in [0.15, 0.2) is 0 Å². The average molecular weight is 295 g/mol. The third-order valence-corrected chi connectivity index (χ3v) is 3.06. The topological polar surface area (TPSA) is 26.0 Å². The van der Waals surface area contributed by atoms with E-state index in [1.54, 1.807) is 0 Å². The molecule has 1 aliphatic rings. The summed E-state index contributed by atoms with van der Waals surface area (Å²) in [5.74, 6) is 0.549. The molecule has 4 heteroatoms. The van der Waals surface area contributed by atoms with E-state index in [0.717, 1.165) is 22.4 Å². The average Bonchev–Trinajstić information content (AvgIpc) is 2.86. The molecule has 0 aliphatic heterocycles. The molecule has 1 aliphatic carbocycles. The van der Waals surface area contributed by atoms with E-state index in [4.69, 9.17) is 5.73 Å². The fourth-order valence-electron chi connectivity index (χ4n) is 1.64. The minimum Gasteiger partial charge on any atom is -0.324 e. The van der Waals surface area contributed by atoms with Crippen LogP contribution in [0.2, 0.25) is 0 Å². The number of hydrogen-bond donors (Lipinski definition) is 1. The van der Waals surface area contributed by atoms with Gasteiger partial charge in [-0.05, 0) is 36.1 Å². The SMILES string of the molecule is Cl.N[C@H](CC1CC1)c1cc(F)cc(Br)c1. The first-order valence-corrected chi connectivity index (χ1v) is 5.66. The van der Waals surface area contributed by atoms with Crippen LogP contribution in [0.25, 0.3) is 0 Å². The molecule has 1 aromatic rings. The second kappa shape index (κ2) is 5.28. The molecule has 2 N–H and O–H groups in total. The van der Waals surface area contributed by atoms with Gasteiger partial charge in [-0.25, -0.2) is 4.39 Å². The Morgan fingerprint density at radius 3 is 2.60 bits per heavy atom. The van der Waals surface area contributed by atoms with E-state index >= 15 is 0 Å². The summed E-state index contributed by atoms with van der Waals surface area (Å²) in [6.45, 7) is 0. The third-order valence-electron chi connectivity index (χ3n) is 2.60. The highest BCUT2D eigenvalue weighted by atomic mass is 79.9. The summed E-state index contributed by atoms with van der Waals surface area (Å²) < 4.78 is 13.8. The van der Waals surface area contributed by atoms with Crippen LogP contribution in [0, 0.1) is 11.7 Å². The van der Waals surface area contributed by atoms with Crippen LogP contribution in [0.3, 0.4) is 0 Å². The lowest BCUT2D eigenvalue weighted by Crippen LogP contribution is -2.11. The second-order valence-electron chi connectivity index (χ2n) is 3.99. The summed E-state index contributed by atoms with van der Waals surface area (Å²) in [6, 6.07) is 4.86. The van der Waals surface area contributed by atoms with E-state index in [2.05, 4.69) is 15.9 Å². The fraction of sp³-hybridized carbons (Fsp3) is 0.455. The maximum atomic E-state index is 13.1. The molecule has 2 rings (SSSR count). The zero-order valence-corrected chi connectivity index (χ0v) is 10.7. The lowest BCUT2D eigenvalue weighted by Gasteiger charge is -2.11. The van der Waals surface area contributed by atoms with Crippen LogP contribution in [0.15, 0.2) is 22.7 Å². The van der Waals surface area contributed by atoms with Crippen molar-refractivity contribution in [3.05, 3.63) is 34.1 Å². The Kier molecular flexibility index (Phi) is 4.56. The van der Waals surface area contributed by atoms with Crippen molar-refractivity contribution in [3.63, 3.8) is 0 Å². The summed E-state index contributed by atoms with van der Waals surface area (Å²) >= 11 is 3.27. The van der Waals surface area contributed by atoms with Gasteiger partial charge < -0.3 is 5.73 Å². The molecule has 1 saturated carbocycles. The summed E-state index contributed by atoms with van der Waals surface area (Å²) in [6.07, 6.45) is 3.55. The highest BCUT2D eigenvalue weighted by molar-refractivity contribution is 9.10. The van der Waals surface area contributed by atoms with Gasteiger partial charge in [-0.15, -0.1) is 12.4 Å². The van der Waals surface area contributed by atoms with Gasteiger partial charge in [-0.3, -0.25) is 0 Å². The van der Waals surface area contributed by atoms with Crippen molar-refractivity contribution in [1.29, 1.82) is 0 Å². The molecule has 0 bridgehead atoms. The maximum Gasteiger partial charge on any atom is 0.124 e. The Bertz CT molecular complexity index is 321. The molecule has 15 heavy (non-hydrogen) atoms. The highest BCUT2D eigenvalue weighted by Gasteiger charge is 2.24. The van der Waals surface area contributed by atoms with Gasteiger partial charge in [0.1, 0.15) is 5.82 Å². The number of rotatable bonds is 3. The van der Waals surface area contributed by atoms with E-state index in [1.807, 2.05) is 6.07 Å². The van der Waals surface area contributed by atoms with Crippen molar-refractivity contribution in [2.45, 2.75) is 25.3 Å². The van der Waals surface area contributed by atoms with E-state index in [-0.39, 0.29) is 24.3 Å². The molecule has 1 nitrogen and oxygen atoms in total. The van der Waals surface area contributed by atoms with Crippen LogP contribution in [0.1, 0.15) is 30.9 Å². The van der Waals surface area contributed by atoms with Gasteiger partial charge in [-0.2, -0.15) is 0 Å². The molecule has 1 aromatic carbocycles. The van der Waals surface area contributed by atoms with Crippen molar-refractivity contribution < 1.29 is 4.39 Å². The van der Waals surface area contributed by atoms with Crippen LogP contribution < -0.4 is 5.73 Å². The van der Waals surface area contributed by atoms with E-state index in [1.165, 1.54) is 25.0 Å². The highest BCUT2D eigenvalue weighted by Crippen LogP contribution is 2.37. The Morgan fingerprint density at radius 1 is 1.40 bits per heavy atom. The van der Waals surface area contributed by atoms with E-state index in [9.17, 15) is 4.39 Å². The normalized spacial score (nSPS) is 17.0. The molecule has 0 spiro atoms. The molecule has 0 amide bonds. The summed E-state index contributed by atoms with van der Waals surface area (Å²) in [7, 11) is 0. The Labute approximate surface area is 104 Å². The van der Waals surface area contributed by atoms with Gasteiger partial charge in [0.2, 0.25) is 0 Å². The number of nitrogens with two attached hydrogens (primary N) is 1. The molecule has 0 radical (unpaired) electrons. The van der Waals surface area contributed by atoms with Crippen LogP contribution in [0.4, 0.5) is 4.39 Å². The first-order chi connectivity index (χ1) is 6.65. The Balaban J connectivity index is 0.00000112. The lowest BCUT2D eigenvalue weighted by molar-refractivity contribution is 0.582.